The molecule has 0 aliphatic carbocycles. The van der Waals surface area contributed by atoms with Gasteiger partial charge in [-0.15, -0.1) is 0 Å². The van der Waals surface area contributed by atoms with Crippen molar-refractivity contribution in [2.24, 2.45) is 0 Å². The lowest BCUT2D eigenvalue weighted by Gasteiger charge is -2.07. The first-order valence-electron chi connectivity index (χ1n) is 6.80. The van der Waals surface area contributed by atoms with E-state index in [0.717, 1.165) is 24.7 Å². The van der Waals surface area contributed by atoms with Crippen LogP contribution in [0.4, 0.5) is 4.39 Å². The number of hydrogen-bond acceptors (Lipinski definition) is 1. The Morgan fingerprint density at radius 2 is 2.00 bits per heavy atom. The van der Waals surface area contributed by atoms with Crippen LogP contribution in [0.15, 0.2) is 53.0 Å². The third-order valence-corrected chi connectivity index (χ3v) is 4.03. The molecule has 0 bridgehead atoms. The van der Waals surface area contributed by atoms with Gasteiger partial charge in [0.05, 0.1) is 0 Å². The summed E-state index contributed by atoms with van der Waals surface area (Å²) in [4.78, 5) is 11.0. The minimum absolute atomic E-state index is 0.257. The fourth-order valence-electron chi connectivity index (χ4n) is 2.17. The van der Waals surface area contributed by atoms with Crippen molar-refractivity contribution < 1.29 is 9.18 Å². The summed E-state index contributed by atoms with van der Waals surface area (Å²) >= 11 is 3.30. The van der Waals surface area contributed by atoms with Gasteiger partial charge in [0.1, 0.15) is 5.82 Å². The molecule has 108 valence electrons. The highest BCUT2D eigenvalue weighted by Crippen LogP contribution is 2.27. The fourth-order valence-corrected chi connectivity index (χ4v) is 2.51. The van der Waals surface area contributed by atoms with Gasteiger partial charge in [0.2, 0.25) is 0 Å². The van der Waals surface area contributed by atoms with Gasteiger partial charge in [-0.25, -0.2) is 4.39 Å². The molecular weight excluding hydrogens is 331 g/mol. The maximum Gasteiger partial charge on any atom is 0.151 e. The second kappa shape index (κ2) is 7.32. The van der Waals surface area contributed by atoms with Gasteiger partial charge < -0.3 is 0 Å². The largest absolute Gasteiger partial charge is 0.298 e. The number of benzene rings is 2. The summed E-state index contributed by atoms with van der Waals surface area (Å²) in [6.07, 6.45) is 6.55. The van der Waals surface area contributed by atoms with E-state index in [4.69, 9.17) is 0 Å². The van der Waals surface area contributed by atoms with Crippen molar-refractivity contribution in [3.05, 3.63) is 70.0 Å². The number of halogens is 2. The Morgan fingerprint density at radius 3 is 2.67 bits per heavy atom. The van der Waals surface area contributed by atoms with Crippen molar-refractivity contribution in [3.8, 4) is 11.1 Å². The van der Waals surface area contributed by atoms with Gasteiger partial charge in [-0.2, -0.15) is 0 Å². The zero-order chi connectivity index (χ0) is 15.2. The van der Waals surface area contributed by atoms with Crippen LogP contribution >= 0.6 is 15.9 Å². The molecule has 2 aromatic rings. The SMILES string of the molecule is C/C=C/CCc1ccc(-c2ccc(Br)c(C=O)c2)c(F)c1. The monoisotopic (exact) mass is 346 g/mol. The first-order valence-corrected chi connectivity index (χ1v) is 7.59. The average Bonchev–Trinajstić information content (AvgIpc) is 2.48. The average molecular weight is 347 g/mol. The number of carbonyl (C=O) groups is 1. The Bertz CT molecular complexity index is 677. The van der Waals surface area contributed by atoms with Crippen molar-refractivity contribution in [2.75, 3.05) is 0 Å². The van der Waals surface area contributed by atoms with E-state index in [1.165, 1.54) is 0 Å². The van der Waals surface area contributed by atoms with Crippen molar-refractivity contribution in [1.82, 2.24) is 0 Å². The van der Waals surface area contributed by atoms with Gasteiger partial charge in [0.15, 0.2) is 6.29 Å². The van der Waals surface area contributed by atoms with Crippen LogP contribution in [0.1, 0.15) is 29.3 Å². The summed E-state index contributed by atoms with van der Waals surface area (Å²) in [6, 6.07) is 10.5. The second-order valence-electron chi connectivity index (χ2n) is 4.78. The van der Waals surface area contributed by atoms with Crippen molar-refractivity contribution in [3.63, 3.8) is 0 Å². The minimum Gasteiger partial charge on any atom is -0.298 e. The summed E-state index contributed by atoms with van der Waals surface area (Å²) in [7, 11) is 0. The topological polar surface area (TPSA) is 17.1 Å². The zero-order valence-corrected chi connectivity index (χ0v) is 13.4. The molecule has 0 amide bonds. The third-order valence-electron chi connectivity index (χ3n) is 3.30. The van der Waals surface area contributed by atoms with E-state index in [2.05, 4.69) is 22.0 Å². The number of hydrogen-bond donors (Lipinski definition) is 0. The van der Waals surface area contributed by atoms with Crippen LogP contribution in [0.3, 0.4) is 0 Å². The van der Waals surface area contributed by atoms with Gasteiger partial charge in [-0.05, 0) is 49.1 Å². The molecule has 0 heterocycles. The van der Waals surface area contributed by atoms with E-state index in [-0.39, 0.29) is 5.82 Å². The summed E-state index contributed by atoms with van der Waals surface area (Å²) in [5.41, 5.74) is 2.71. The zero-order valence-electron chi connectivity index (χ0n) is 11.8. The van der Waals surface area contributed by atoms with Gasteiger partial charge in [0, 0.05) is 15.6 Å². The lowest BCUT2D eigenvalue weighted by molar-refractivity contribution is 0.112. The Balaban J connectivity index is 2.30. The second-order valence-corrected chi connectivity index (χ2v) is 5.63. The predicted molar refractivity (Wildman–Crippen MR) is 88.1 cm³/mol. The van der Waals surface area contributed by atoms with Gasteiger partial charge in [-0.1, -0.05) is 46.3 Å². The normalized spacial score (nSPS) is 11.0. The third kappa shape index (κ3) is 3.88. The molecule has 0 unspecified atom stereocenters. The first-order chi connectivity index (χ1) is 10.2. The molecule has 0 atom stereocenters. The Kier molecular flexibility index (Phi) is 5.45. The molecule has 2 rings (SSSR count). The van der Waals surface area contributed by atoms with Gasteiger partial charge in [0.25, 0.3) is 0 Å². The van der Waals surface area contributed by atoms with Crippen LogP contribution < -0.4 is 0 Å². The highest BCUT2D eigenvalue weighted by atomic mass is 79.9. The molecule has 2 aromatic carbocycles. The molecule has 0 aromatic heterocycles. The van der Waals surface area contributed by atoms with E-state index in [9.17, 15) is 9.18 Å². The molecular formula is C18H16BrFO. The number of carbonyl (C=O) groups excluding carboxylic acids is 1. The van der Waals surface area contributed by atoms with Gasteiger partial charge >= 0.3 is 0 Å². The van der Waals surface area contributed by atoms with E-state index in [1.807, 2.05) is 19.1 Å². The molecule has 0 N–H and O–H groups in total. The quantitative estimate of drug-likeness (QED) is 0.510. The van der Waals surface area contributed by atoms with E-state index in [1.54, 1.807) is 30.3 Å². The summed E-state index contributed by atoms with van der Waals surface area (Å²) in [5, 5.41) is 0. The Labute approximate surface area is 132 Å². The van der Waals surface area contributed by atoms with Crippen LogP contribution in [0.5, 0.6) is 0 Å². The van der Waals surface area contributed by atoms with Crippen molar-refractivity contribution >= 4 is 22.2 Å². The lowest BCUT2D eigenvalue weighted by atomic mass is 10.00. The molecule has 1 nitrogen and oxygen atoms in total. The van der Waals surface area contributed by atoms with Crippen molar-refractivity contribution in [1.29, 1.82) is 0 Å². The number of rotatable bonds is 5. The molecule has 0 fully saturated rings. The van der Waals surface area contributed by atoms with E-state index >= 15 is 0 Å². The lowest BCUT2D eigenvalue weighted by Crippen LogP contribution is -1.91. The van der Waals surface area contributed by atoms with Crippen LogP contribution in [0.2, 0.25) is 0 Å². The molecule has 0 aliphatic rings. The minimum atomic E-state index is -0.257. The van der Waals surface area contributed by atoms with E-state index in [0.29, 0.717) is 21.2 Å². The number of allylic oxidation sites excluding steroid dienone is 2. The molecule has 0 aliphatic heterocycles. The maximum absolute atomic E-state index is 14.3. The maximum atomic E-state index is 14.3. The summed E-state index contributed by atoms with van der Waals surface area (Å²) in [6.45, 7) is 1.97. The highest BCUT2D eigenvalue weighted by Gasteiger charge is 2.08. The molecule has 21 heavy (non-hydrogen) atoms. The van der Waals surface area contributed by atoms with Crippen LogP contribution in [-0.4, -0.2) is 6.29 Å². The summed E-state index contributed by atoms with van der Waals surface area (Å²) in [5.74, 6) is -0.257. The highest BCUT2D eigenvalue weighted by molar-refractivity contribution is 9.10. The Hall–Kier alpha value is -1.74. The van der Waals surface area contributed by atoms with Gasteiger partial charge in [-0.3, -0.25) is 4.79 Å². The molecule has 0 saturated carbocycles. The number of aldehydes is 1. The number of aryl methyl sites for hydroxylation is 1. The Morgan fingerprint density at radius 1 is 1.19 bits per heavy atom. The molecule has 0 radical (unpaired) electrons. The molecule has 0 saturated heterocycles. The van der Waals surface area contributed by atoms with E-state index < -0.39 is 0 Å². The smallest absolute Gasteiger partial charge is 0.151 e. The van der Waals surface area contributed by atoms with Crippen LogP contribution in [0.25, 0.3) is 11.1 Å². The molecule has 3 heteroatoms. The molecule has 0 spiro atoms. The summed E-state index contributed by atoms with van der Waals surface area (Å²) < 4.78 is 15.0. The first kappa shape index (κ1) is 15.6. The van der Waals surface area contributed by atoms with Crippen molar-refractivity contribution in [2.45, 2.75) is 19.8 Å². The standard InChI is InChI=1S/C18H16BrFO/c1-2-3-4-5-13-6-8-16(18(20)10-13)14-7-9-17(19)15(11-14)12-21/h2-3,6-12H,4-5H2,1H3/b3-2+. The predicted octanol–water partition coefficient (Wildman–Crippen LogP) is 5.58. The van der Waals surface area contributed by atoms with Crippen LogP contribution in [-0.2, 0) is 6.42 Å². The van der Waals surface area contributed by atoms with Crippen LogP contribution in [0, 0.1) is 5.82 Å². The fraction of sp³-hybridized carbons (Fsp3) is 0.167.